The zero-order valence-electron chi connectivity index (χ0n) is 11.0. The molecule has 0 spiro atoms. The van der Waals surface area contributed by atoms with Gasteiger partial charge in [0.1, 0.15) is 6.54 Å². The first kappa shape index (κ1) is 12.9. The molecule has 1 aliphatic carbocycles. The van der Waals surface area contributed by atoms with Crippen LogP contribution in [0.4, 0.5) is 5.69 Å². The van der Waals surface area contributed by atoms with Crippen molar-refractivity contribution in [2.75, 3.05) is 12.8 Å². The summed E-state index contributed by atoms with van der Waals surface area (Å²) in [6.45, 7) is 0.282. The molecule has 1 amide bonds. The number of nitrogen functional groups attached to an aromatic ring is 1. The van der Waals surface area contributed by atoms with Crippen molar-refractivity contribution in [2.45, 2.75) is 51.1 Å². The molecule has 0 saturated heterocycles. The van der Waals surface area contributed by atoms with E-state index in [-0.39, 0.29) is 12.5 Å². The molecule has 1 aromatic rings. The zero-order valence-corrected chi connectivity index (χ0v) is 11.0. The van der Waals surface area contributed by atoms with Crippen LogP contribution in [0.15, 0.2) is 12.4 Å². The van der Waals surface area contributed by atoms with Gasteiger partial charge < -0.3 is 10.6 Å². The van der Waals surface area contributed by atoms with Crippen molar-refractivity contribution in [2.24, 2.45) is 0 Å². The number of carbonyl (C=O) groups excluding carboxylic acids is 1. The molecular formula is C13H22N4O. The lowest BCUT2D eigenvalue weighted by atomic mass is 10.1. The standard InChI is InChI=1S/C13H22N4O/c1-16(12-6-4-2-3-5-7-12)13(18)10-17-9-11(14)8-15-17/h8-9,12H,2-7,10,14H2,1H3. The monoisotopic (exact) mass is 250 g/mol. The second kappa shape index (κ2) is 5.89. The summed E-state index contributed by atoms with van der Waals surface area (Å²) < 4.78 is 1.60. The fourth-order valence-electron chi connectivity index (χ4n) is 2.56. The van der Waals surface area contributed by atoms with Crippen molar-refractivity contribution in [1.82, 2.24) is 14.7 Å². The van der Waals surface area contributed by atoms with Crippen LogP contribution in [0.25, 0.3) is 0 Å². The zero-order chi connectivity index (χ0) is 13.0. The Morgan fingerprint density at radius 2 is 2.11 bits per heavy atom. The maximum absolute atomic E-state index is 12.2. The highest BCUT2D eigenvalue weighted by Gasteiger charge is 2.21. The number of amides is 1. The van der Waals surface area contributed by atoms with Gasteiger partial charge in [-0.25, -0.2) is 0 Å². The van der Waals surface area contributed by atoms with E-state index in [0.717, 1.165) is 12.8 Å². The Morgan fingerprint density at radius 1 is 1.44 bits per heavy atom. The van der Waals surface area contributed by atoms with Gasteiger partial charge in [-0.3, -0.25) is 9.48 Å². The van der Waals surface area contributed by atoms with Crippen LogP contribution in [0.3, 0.4) is 0 Å². The van der Waals surface area contributed by atoms with E-state index in [2.05, 4.69) is 5.10 Å². The number of rotatable bonds is 3. The molecule has 0 atom stereocenters. The summed E-state index contributed by atoms with van der Waals surface area (Å²) in [7, 11) is 1.91. The first-order chi connectivity index (χ1) is 8.66. The quantitative estimate of drug-likeness (QED) is 0.830. The van der Waals surface area contributed by atoms with Crippen LogP contribution in [-0.2, 0) is 11.3 Å². The van der Waals surface area contributed by atoms with E-state index in [9.17, 15) is 4.79 Å². The molecule has 1 heterocycles. The van der Waals surface area contributed by atoms with E-state index in [4.69, 9.17) is 5.73 Å². The molecule has 100 valence electrons. The maximum atomic E-state index is 12.2. The number of hydrogen-bond acceptors (Lipinski definition) is 3. The topological polar surface area (TPSA) is 64.2 Å². The first-order valence-electron chi connectivity index (χ1n) is 6.70. The van der Waals surface area contributed by atoms with Gasteiger partial charge in [-0.1, -0.05) is 25.7 Å². The van der Waals surface area contributed by atoms with E-state index >= 15 is 0 Å². The highest BCUT2D eigenvalue weighted by Crippen LogP contribution is 2.21. The lowest BCUT2D eigenvalue weighted by Crippen LogP contribution is -2.38. The van der Waals surface area contributed by atoms with Crippen molar-refractivity contribution in [3.63, 3.8) is 0 Å². The van der Waals surface area contributed by atoms with Crippen molar-refractivity contribution in [3.8, 4) is 0 Å². The molecular weight excluding hydrogens is 228 g/mol. The summed E-state index contributed by atoms with van der Waals surface area (Å²) in [6.07, 6.45) is 10.6. The van der Waals surface area contributed by atoms with Gasteiger partial charge in [-0.05, 0) is 12.8 Å². The van der Waals surface area contributed by atoms with Gasteiger partial charge in [0.15, 0.2) is 0 Å². The summed E-state index contributed by atoms with van der Waals surface area (Å²) in [6, 6.07) is 0.396. The van der Waals surface area contributed by atoms with Gasteiger partial charge in [-0.2, -0.15) is 5.10 Å². The summed E-state index contributed by atoms with van der Waals surface area (Å²) >= 11 is 0. The number of nitrogens with zero attached hydrogens (tertiary/aromatic N) is 3. The maximum Gasteiger partial charge on any atom is 0.244 e. The van der Waals surface area contributed by atoms with Crippen LogP contribution in [0.5, 0.6) is 0 Å². The fraction of sp³-hybridized carbons (Fsp3) is 0.692. The Hall–Kier alpha value is -1.52. The molecule has 0 bridgehead atoms. The first-order valence-corrected chi connectivity index (χ1v) is 6.70. The summed E-state index contributed by atoms with van der Waals surface area (Å²) in [4.78, 5) is 14.0. The number of aromatic nitrogens is 2. The summed E-state index contributed by atoms with van der Waals surface area (Å²) in [5, 5.41) is 4.05. The Bertz CT molecular complexity index is 393. The van der Waals surface area contributed by atoms with Crippen LogP contribution in [0.2, 0.25) is 0 Å². The van der Waals surface area contributed by atoms with Gasteiger partial charge in [-0.15, -0.1) is 0 Å². The number of nitrogens with two attached hydrogens (primary N) is 1. The van der Waals surface area contributed by atoms with E-state index in [1.807, 2.05) is 11.9 Å². The molecule has 0 radical (unpaired) electrons. The normalized spacial score (nSPS) is 17.4. The molecule has 1 aliphatic rings. The minimum absolute atomic E-state index is 0.116. The van der Waals surface area contributed by atoms with Crippen molar-refractivity contribution >= 4 is 11.6 Å². The fourth-order valence-corrected chi connectivity index (χ4v) is 2.56. The average molecular weight is 250 g/mol. The van der Waals surface area contributed by atoms with Crippen LogP contribution >= 0.6 is 0 Å². The van der Waals surface area contributed by atoms with Crippen molar-refractivity contribution in [1.29, 1.82) is 0 Å². The highest BCUT2D eigenvalue weighted by atomic mass is 16.2. The van der Waals surface area contributed by atoms with Crippen LogP contribution in [0, 0.1) is 0 Å². The molecule has 5 nitrogen and oxygen atoms in total. The largest absolute Gasteiger partial charge is 0.396 e. The Morgan fingerprint density at radius 3 is 2.67 bits per heavy atom. The van der Waals surface area contributed by atoms with Crippen molar-refractivity contribution in [3.05, 3.63) is 12.4 Å². The molecule has 0 aliphatic heterocycles. The summed E-state index contributed by atoms with van der Waals surface area (Å²) in [5.74, 6) is 0.116. The molecule has 2 N–H and O–H groups in total. The van der Waals surface area contributed by atoms with Gasteiger partial charge >= 0.3 is 0 Å². The molecule has 1 saturated carbocycles. The van der Waals surface area contributed by atoms with Gasteiger partial charge in [0.25, 0.3) is 0 Å². The van der Waals surface area contributed by atoms with E-state index in [1.165, 1.54) is 25.7 Å². The predicted molar refractivity (Wildman–Crippen MR) is 70.9 cm³/mol. The third-order valence-corrected chi connectivity index (χ3v) is 3.72. The highest BCUT2D eigenvalue weighted by molar-refractivity contribution is 5.76. The molecule has 1 fully saturated rings. The van der Waals surface area contributed by atoms with Crippen molar-refractivity contribution < 1.29 is 4.79 Å². The Kier molecular flexibility index (Phi) is 4.23. The number of anilines is 1. The third-order valence-electron chi connectivity index (χ3n) is 3.72. The molecule has 2 rings (SSSR count). The van der Waals surface area contributed by atoms with E-state index in [0.29, 0.717) is 11.7 Å². The van der Waals surface area contributed by atoms with Crippen LogP contribution in [0.1, 0.15) is 38.5 Å². The number of likely N-dealkylation sites (N-methyl/N-ethyl adjacent to an activating group) is 1. The molecule has 18 heavy (non-hydrogen) atoms. The van der Waals surface area contributed by atoms with Gasteiger partial charge in [0.05, 0.1) is 11.9 Å². The molecule has 5 heteroatoms. The Labute approximate surface area is 108 Å². The average Bonchev–Trinajstić information content (AvgIpc) is 2.62. The summed E-state index contributed by atoms with van der Waals surface area (Å²) in [5.41, 5.74) is 6.18. The smallest absolute Gasteiger partial charge is 0.244 e. The number of hydrogen-bond donors (Lipinski definition) is 1. The third kappa shape index (κ3) is 3.24. The SMILES string of the molecule is CN(C(=O)Cn1cc(N)cn1)C1CCCCCC1. The Balaban J connectivity index is 1.91. The van der Waals surface area contributed by atoms with E-state index in [1.54, 1.807) is 17.1 Å². The second-order valence-corrected chi connectivity index (χ2v) is 5.12. The van der Waals surface area contributed by atoms with Crippen LogP contribution in [-0.4, -0.2) is 33.7 Å². The lowest BCUT2D eigenvalue weighted by molar-refractivity contribution is -0.133. The predicted octanol–water partition coefficient (Wildman–Crippen LogP) is 1.65. The van der Waals surface area contributed by atoms with Gasteiger partial charge in [0, 0.05) is 19.3 Å². The van der Waals surface area contributed by atoms with Gasteiger partial charge in [0.2, 0.25) is 5.91 Å². The van der Waals surface area contributed by atoms with Crippen LogP contribution < -0.4 is 5.73 Å². The number of carbonyl (C=O) groups is 1. The lowest BCUT2D eigenvalue weighted by Gasteiger charge is -2.27. The minimum atomic E-state index is 0.116. The molecule has 1 aromatic heterocycles. The second-order valence-electron chi connectivity index (χ2n) is 5.12. The minimum Gasteiger partial charge on any atom is -0.396 e. The van der Waals surface area contributed by atoms with E-state index < -0.39 is 0 Å². The molecule has 0 unspecified atom stereocenters. The molecule has 0 aromatic carbocycles.